The first-order chi connectivity index (χ1) is 14.9. The van der Waals surface area contributed by atoms with Gasteiger partial charge < -0.3 is 15.0 Å². The summed E-state index contributed by atoms with van der Waals surface area (Å²) in [6.45, 7) is -0.231. The largest absolute Gasteiger partial charge is 0.453 e. The zero-order chi connectivity index (χ0) is 23.7. The van der Waals surface area contributed by atoms with E-state index in [2.05, 4.69) is 5.32 Å². The molecule has 1 unspecified atom stereocenters. The predicted octanol–water partition coefficient (Wildman–Crippen LogP) is 5.79. The number of carbonyl (C=O) groups is 1. The molecular weight excluding hydrogens is 438 g/mol. The molecule has 0 saturated heterocycles. The Hall–Kier alpha value is -2.75. The minimum atomic E-state index is -4.91. The van der Waals surface area contributed by atoms with Crippen LogP contribution >= 0.6 is 0 Å². The number of rotatable bonds is 6. The summed E-state index contributed by atoms with van der Waals surface area (Å²) in [5, 5.41) is 3.12. The van der Waals surface area contributed by atoms with E-state index in [4.69, 9.17) is 4.74 Å². The Morgan fingerprint density at radius 3 is 2.00 bits per heavy atom. The molecule has 1 atom stereocenters. The van der Waals surface area contributed by atoms with Crippen LogP contribution in [-0.4, -0.2) is 30.7 Å². The summed E-state index contributed by atoms with van der Waals surface area (Å²) in [5.41, 5.74) is -2.81. The fourth-order valence-corrected chi connectivity index (χ4v) is 3.88. The standard InChI is InChI=1S/C22H22F6N2O2/c1-30(19(31)32-2)18(15-6-4-3-5-7-15)20(8-9-20)29-13-14-10-16(21(23,24)25)12-17(11-14)22(26,27)28/h3-7,10-12,18,29H,8-9,13H2,1-2H3. The number of hydrogen-bond donors (Lipinski definition) is 1. The number of nitrogens with zero attached hydrogens (tertiary/aromatic N) is 1. The van der Waals surface area contributed by atoms with E-state index in [1.807, 2.05) is 0 Å². The number of likely N-dealkylation sites (N-methyl/N-ethyl adjacent to an activating group) is 1. The maximum atomic E-state index is 13.2. The van der Waals surface area contributed by atoms with Crippen molar-refractivity contribution in [1.29, 1.82) is 0 Å². The second kappa shape index (κ2) is 8.65. The molecule has 0 bridgehead atoms. The van der Waals surface area contributed by atoms with E-state index in [-0.39, 0.29) is 18.2 Å². The summed E-state index contributed by atoms with van der Waals surface area (Å²) in [7, 11) is 2.77. The van der Waals surface area contributed by atoms with Crippen LogP contribution in [0.2, 0.25) is 0 Å². The summed E-state index contributed by atoms with van der Waals surface area (Å²) in [6.07, 6.45) is -9.27. The summed E-state index contributed by atoms with van der Waals surface area (Å²) in [6, 6.07) is 9.97. The molecule has 0 aliphatic heterocycles. The predicted molar refractivity (Wildman–Crippen MR) is 105 cm³/mol. The third kappa shape index (κ3) is 5.17. The van der Waals surface area contributed by atoms with E-state index in [1.165, 1.54) is 19.1 Å². The lowest BCUT2D eigenvalue weighted by Gasteiger charge is -2.35. The highest BCUT2D eigenvalue weighted by Gasteiger charge is 2.52. The quantitative estimate of drug-likeness (QED) is 0.556. The van der Waals surface area contributed by atoms with Crippen LogP contribution in [0.3, 0.4) is 0 Å². The van der Waals surface area contributed by atoms with E-state index in [0.717, 1.165) is 5.56 Å². The minimum absolute atomic E-state index is 0.105. The molecule has 3 rings (SSSR count). The monoisotopic (exact) mass is 460 g/mol. The molecule has 0 radical (unpaired) electrons. The van der Waals surface area contributed by atoms with Crippen molar-refractivity contribution in [3.05, 3.63) is 70.8 Å². The Kier molecular flexibility index (Phi) is 6.46. The molecular formula is C22H22F6N2O2. The van der Waals surface area contributed by atoms with Gasteiger partial charge in [0.15, 0.2) is 0 Å². The number of methoxy groups -OCH3 is 1. The molecule has 4 nitrogen and oxygen atoms in total. The summed E-state index contributed by atoms with van der Waals surface area (Å²) >= 11 is 0. The van der Waals surface area contributed by atoms with Gasteiger partial charge in [0.2, 0.25) is 0 Å². The first-order valence-electron chi connectivity index (χ1n) is 9.76. The van der Waals surface area contributed by atoms with E-state index in [9.17, 15) is 31.1 Å². The lowest BCUT2D eigenvalue weighted by molar-refractivity contribution is -0.143. The molecule has 2 aromatic rings. The van der Waals surface area contributed by atoms with E-state index in [1.54, 1.807) is 30.3 Å². The Bertz CT molecular complexity index is 923. The molecule has 1 saturated carbocycles. The van der Waals surface area contributed by atoms with Crippen LogP contribution in [0.5, 0.6) is 0 Å². The van der Waals surface area contributed by atoms with Crippen LogP contribution in [0.25, 0.3) is 0 Å². The summed E-state index contributed by atoms with van der Waals surface area (Å²) < 4.78 is 83.8. The van der Waals surface area contributed by atoms with Gasteiger partial charge in [-0.05, 0) is 42.2 Å². The second-order valence-corrected chi connectivity index (χ2v) is 7.82. The number of amides is 1. The summed E-state index contributed by atoms with van der Waals surface area (Å²) in [4.78, 5) is 13.6. The third-order valence-electron chi connectivity index (χ3n) is 5.57. The lowest BCUT2D eigenvalue weighted by atomic mass is 9.95. The zero-order valence-electron chi connectivity index (χ0n) is 17.3. The van der Waals surface area contributed by atoms with Gasteiger partial charge in [0.1, 0.15) is 0 Å². The first kappa shape index (κ1) is 23.9. The Labute approximate surface area is 181 Å². The Balaban J connectivity index is 1.91. The maximum Gasteiger partial charge on any atom is 0.416 e. The molecule has 0 heterocycles. The average molecular weight is 460 g/mol. The molecule has 0 aromatic heterocycles. The number of halogens is 6. The number of nitrogens with one attached hydrogen (secondary N) is 1. The molecule has 1 amide bonds. The number of benzene rings is 2. The molecule has 174 valence electrons. The van der Waals surface area contributed by atoms with Crippen molar-refractivity contribution in [3.63, 3.8) is 0 Å². The van der Waals surface area contributed by atoms with Gasteiger partial charge in [0, 0.05) is 19.1 Å². The number of hydrogen-bond acceptors (Lipinski definition) is 3. The maximum absolute atomic E-state index is 13.2. The average Bonchev–Trinajstić information content (AvgIpc) is 3.51. The van der Waals surface area contributed by atoms with Gasteiger partial charge >= 0.3 is 18.4 Å². The molecule has 1 fully saturated rings. The molecule has 1 N–H and O–H groups in total. The van der Waals surface area contributed by atoms with Crippen LogP contribution in [-0.2, 0) is 23.6 Å². The van der Waals surface area contributed by atoms with Crippen molar-refractivity contribution >= 4 is 6.09 Å². The fraction of sp³-hybridized carbons (Fsp3) is 0.409. The number of ether oxygens (including phenoxy) is 1. The van der Waals surface area contributed by atoms with Crippen LogP contribution in [0, 0.1) is 0 Å². The third-order valence-corrected chi connectivity index (χ3v) is 5.57. The molecule has 1 aliphatic carbocycles. The zero-order valence-corrected chi connectivity index (χ0v) is 17.3. The summed E-state index contributed by atoms with van der Waals surface area (Å²) in [5.74, 6) is 0. The van der Waals surface area contributed by atoms with Gasteiger partial charge in [-0.2, -0.15) is 26.3 Å². The number of alkyl halides is 6. The molecule has 10 heteroatoms. The fourth-order valence-electron chi connectivity index (χ4n) is 3.88. The van der Waals surface area contributed by atoms with Crippen molar-refractivity contribution in [1.82, 2.24) is 10.2 Å². The van der Waals surface area contributed by atoms with Gasteiger partial charge in [-0.25, -0.2) is 4.79 Å². The minimum Gasteiger partial charge on any atom is -0.453 e. The van der Waals surface area contributed by atoms with E-state index < -0.39 is 41.2 Å². The topological polar surface area (TPSA) is 41.6 Å². The molecule has 1 aliphatic rings. The van der Waals surface area contributed by atoms with E-state index in [0.29, 0.717) is 25.0 Å². The van der Waals surface area contributed by atoms with E-state index >= 15 is 0 Å². The van der Waals surface area contributed by atoms with Crippen LogP contribution in [0.1, 0.15) is 41.1 Å². The Morgan fingerprint density at radius 2 is 1.56 bits per heavy atom. The normalized spacial score (nSPS) is 16.4. The van der Waals surface area contributed by atoms with Crippen molar-refractivity contribution in [2.75, 3.05) is 14.2 Å². The smallest absolute Gasteiger partial charge is 0.416 e. The highest BCUT2D eigenvalue weighted by Crippen LogP contribution is 2.49. The van der Waals surface area contributed by atoms with Crippen LogP contribution in [0.4, 0.5) is 31.1 Å². The van der Waals surface area contributed by atoms with Gasteiger partial charge in [0.05, 0.1) is 24.3 Å². The molecule has 2 aromatic carbocycles. The van der Waals surface area contributed by atoms with Gasteiger partial charge in [-0.1, -0.05) is 30.3 Å². The van der Waals surface area contributed by atoms with Crippen molar-refractivity contribution in [2.45, 2.75) is 43.3 Å². The molecule has 32 heavy (non-hydrogen) atoms. The van der Waals surface area contributed by atoms with Gasteiger partial charge in [-0.3, -0.25) is 0 Å². The van der Waals surface area contributed by atoms with Crippen molar-refractivity contribution in [3.8, 4) is 0 Å². The van der Waals surface area contributed by atoms with Crippen molar-refractivity contribution in [2.24, 2.45) is 0 Å². The highest BCUT2D eigenvalue weighted by atomic mass is 19.4. The van der Waals surface area contributed by atoms with Gasteiger partial charge in [0.25, 0.3) is 0 Å². The molecule has 0 spiro atoms. The van der Waals surface area contributed by atoms with Crippen LogP contribution in [0.15, 0.2) is 48.5 Å². The SMILES string of the molecule is COC(=O)N(C)C(c1ccccc1)C1(NCc2cc(C(F)(F)F)cc(C(F)(F)F)c2)CC1. The number of carbonyl (C=O) groups excluding carboxylic acids is 1. The second-order valence-electron chi connectivity index (χ2n) is 7.82. The van der Waals surface area contributed by atoms with Crippen molar-refractivity contribution < 1.29 is 35.9 Å². The highest BCUT2D eigenvalue weighted by molar-refractivity contribution is 5.68. The van der Waals surface area contributed by atoms with Crippen LogP contribution < -0.4 is 5.32 Å². The Morgan fingerprint density at radius 1 is 1.03 bits per heavy atom. The lowest BCUT2D eigenvalue weighted by Crippen LogP contribution is -2.46. The first-order valence-corrected chi connectivity index (χ1v) is 9.76. The van der Waals surface area contributed by atoms with Gasteiger partial charge in [-0.15, -0.1) is 0 Å².